The van der Waals surface area contributed by atoms with Crippen LogP contribution < -0.4 is 19.5 Å². The first kappa shape index (κ1) is 20.7. The molecule has 1 N–H and O–H groups in total. The van der Waals surface area contributed by atoms with E-state index in [4.69, 9.17) is 14.2 Å². The molecule has 0 spiro atoms. The lowest BCUT2D eigenvalue weighted by molar-refractivity contribution is -0.121. The van der Waals surface area contributed by atoms with Crippen LogP contribution in [-0.2, 0) is 4.79 Å². The van der Waals surface area contributed by atoms with Gasteiger partial charge in [-0.1, -0.05) is 18.2 Å². The summed E-state index contributed by atoms with van der Waals surface area (Å²) in [7, 11) is 0. The molecule has 31 heavy (non-hydrogen) atoms. The molecule has 4 rings (SSSR count). The van der Waals surface area contributed by atoms with Crippen molar-refractivity contribution in [3.05, 3.63) is 60.3 Å². The molecular formula is C24H24N2O5. The normalized spacial score (nSPS) is 12.4. The van der Waals surface area contributed by atoms with Crippen LogP contribution in [0.3, 0.4) is 0 Å². The Bertz CT molecular complexity index is 1080. The van der Waals surface area contributed by atoms with Gasteiger partial charge in [0.25, 0.3) is 0 Å². The van der Waals surface area contributed by atoms with Crippen molar-refractivity contribution in [3.63, 3.8) is 0 Å². The van der Waals surface area contributed by atoms with E-state index in [2.05, 4.69) is 10.3 Å². The zero-order chi connectivity index (χ0) is 21.5. The van der Waals surface area contributed by atoms with Gasteiger partial charge < -0.3 is 19.5 Å². The highest BCUT2D eigenvalue weighted by Gasteiger charge is 2.15. The van der Waals surface area contributed by atoms with Gasteiger partial charge in [-0.05, 0) is 36.8 Å². The molecule has 0 saturated carbocycles. The highest BCUT2D eigenvalue weighted by molar-refractivity contribution is 5.98. The number of hydrogen-bond donors (Lipinski definition) is 1. The first-order valence-electron chi connectivity index (χ1n) is 10.4. The number of ketones is 1. The van der Waals surface area contributed by atoms with Gasteiger partial charge in [0, 0.05) is 36.5 Å². The standard InChI is InChI=1S/C24H24N2O5/c27-19(18-7-9-20-22(16-18)31-15-14-30-20)8-10-23(28)25-12-3-13-29-21-6-1-4-17-5-2-11-26-24(17)21/h1-2,4-7,9,11,16H,3,8,10,12-15H2,(H,25,28). The number of nitrogens with zero attached hydrogens (tertiary/aromatic N) is 1. The van der Waals surface area contributed by atoms with E-state index in [-0.39, 0.29) is 24.5 Å². The number of nitrogens with one attached hydrogen (secondary N) is 1. The van der Waals surface area contributed by atoms with Gasteiger partial charge in [-0.2, -0.15) is 0 Å². The van der Waals surface area contributed by atoms with Crippen LogP contribution >= 0.6 is 0 Å². The molecule has 2 heterocycles. The van der Waals surface area contributed by atoms with Gasteiger partial charge in [0.2, 0.25) is 5.91 Å². The molecule has 0 aliphatic carbocycles. The van der Waals surface area contributed by atoms with Crippen molar-refractivity contribution in [2.75, 3.05) is 26.4 Å². The third-order valence-corrected chi connectivity index (χ3v) is 4.94. The average molecular weight is 420 g/mol. The Kier molecular flexibility index (Phi) is 6.62. The van der Waals surface area contributed by atoms with Crippen LogP contribution in [0.2, 0.25) is 0 Å². The van der Waals surface area contributed by atoms with Gasteiger partial charge in [-0.15, -0.1) is 0 Å². The lowest BCUT2D eigenvalue weighted by atomic mass is 10.1. The number of Topliss-reactive ketones (excluding diaryl/α,β-unsaturated/α-hetero) is 1. The third-order valence-electron chi connectivity index (χ3n) is 4.94. The second-order valence-corrected chi connectivity index (χ2v) is 7.16. The van der Waals surface area contributed by atoms with E-state index in [1.54, 1.807) is 24.4 Å². The van der Waals surface area contributed by atoms with E-state index in [1.165, 1.54) is 0 Å². The fourth-order valence-electron chi connectivity index (χ4n) is 3.35. The lowest BCUT2D eigenvalue weighted by Crippen LogP contribution is -2.26. The summed E-state index contributed by atoms with van der Waals surface area (Å²) >= 11 is 0. The molecule has 0 saturated heterocycles. The molecule has 1 aliphatic rings. The summed E-state index contributed by atoms with van der Waals surface area (Å²) in [6.07, 6.45) is 2.68. The quantitative estimate of drug-likeness (QED) is 0.421. The molecule has 160 valence electrons. The van der Waals surface area contributed by atoms with Crippen LogP contribution in [-0.4, -0.2) is 43.0 Å². The molecular weight excluding hydrogens is 396 g/mol. The van der Waals surface area contributed by atoms with Crippen molar-refractivity contribution in [3.8, 4) is 17.2 Å². The van der Waals surface area contributed by atoms with Crippen molar-refractivity contribution in [1.29, 1.82) is 0 Å². The Labute approximate surface area is 180 Å². The number of hydrogen-bond acceptors (Lipinski definition) is 6. The van der Waals surface area contributed by atoms with Gasteiger partial charge in [-0.25, -0.2) is 0 Å². The molecule has 0 radical (unpaired) electrons. The predicted molar refractivity (Wildman–Crippen MR) is 116 cm³/mol. The van der Waals surface area contributed by atoms with E-state index >= 15 is 0 Å². The number of pyridine rings is 1. The van der Waals surface area contributed by atoms with Crippen LogP contribution in [0.25, 0.3) is 10.9 Å². The Morgan fingerprint density at radius 3 is 2.74 bits per heavy atom. The topological polar surface area (TPSA) is 86.8 Å². The number of ether oxygens (including phenoxy) is 3. The van der Waals surface area contributed by atoms with E-state index < -0.39 is 0 Å². The highest BCUT2D eigenvalue weighted by Crippen LogP contribution is 2.31. The van der Waals surface area contributed by atoms with E-state index in [9.17, 15) is 9.59 Å². The van der Waals surface area contributed by atoms with E-state index in [0.717, 1.165) is 16.7 Å². The number of fused-ring (bicyclic) bond motifs is 2. The average Bonchev–Trinajstić information content (AvgIpc) is 2.82. The minimum absolute atomic E-state index is 0.0982. The molecule has 1 aliphatic heterocycles. The van der Waals surface area contributed by atoms with Gasteiger partial charge in [-0.3, -0.25) is 14.6 Å². The molecule has 2 aromatic carbocycles. The lowest BCUT2D eigenvalue weighted by Gasteiger charge is -2.18. The van der Waals surface area contributed by atoms with Crippen molar-refractivity contribution in [2.24, 2.45) is 0 Å². The first-order chi connectivity index (χ1) is 15.2. The van der Waals surface area contributed by atoms with Gasteiger partial charge >= 0.3 is 0 Å². The van der Waals surface area contributed by atoms with Crippen LogP contribution in [0.4, 0.5) is 0 Å². The molecule has 1 aromatic heterocycles. The SMILES string of the molecule is O=C(CCC(=O)c1ccc2c(c1)OCCO2)NCCCOc1cccc2cccnc12. The second-order valence-electron chi connectivity index (χ2n) is 7.16. The van der Waals surface area contributed by atoms with Crippen LogP contribution in [0.1, 0.15) is 29.6 Å². The number of amides is 1. The fourth-order valence-corrected chi connectivity index (χ4v) is 3.35. The van der Waals surface area contributed by atoms with Crippen molar-refractivity contribution in [1.82, 2.24) is 10.3 Å². The molecule has 0 atom stereocenters. The highest BCUT2D eigenvalue weighted by atomic mass is 16.6. The predicted octanol–water partition coefficient (Wildman–Crippen LogP) is 3.55. The fraction of sp³-hybridized carbons (Fsp3) is 0.292. The zero-order valence-electron chi connectivity index (χ0n) is 17.1. The van der Waals surface area contributed by atoms with Gasteiger partial charge in [0.05, 0.1) is 6.61 Å². The van der Waals surface area contributed by atoms with Crippen molar-refractivity contribution >= 4 is 22.6 Å². The van der Waals surface area contributed by atoms with E-state index in [1.807, 2.05) is 30.3 Å². The maximum atomic E-state index is 12.4. The van der Waals surface area contributed by atoms with E-state index in [0.29, 0.717) is 49.8 Å². The smallest absolute Gasteiger partial charge is 0.220 e. The van der Waals surface area contributed by atoms with Crippen LogP contribution in [0.15, 0.2) is 54.7 Å². The maximum absolute atomic E-state index is 12.4. The summed E-state index contributed by atoms with van der Waals surface area (Å²) in [5.41, 5.74) is 1.35. The monoisotopic (exact) mass is 420 g/mol. The van der Waals surface area contributed by atoms with Crippen molar-refractivity contribution in [2.45, 2.75) is 19.3 Å². The Balaban J connectivity index is 1.16. The molecule has 3 aromatic rings. The van der Waals surface area contributed by atoms with Gasteiger partial charge in [0.1, 0.15) is 24.5 Å². The summed E-state index contributed by atoms with van der Waals surface area (Å²) in [5.74, 6) is 1.69. The number of aromatic nitrogens is 1. The number of benzene rings is 2. The molecule has 0 fully saturated rings. The Morgan fingerprint density at radius 2 is 1.84 bits per heavy atom. The summed E-state index contributed by atoms with van der Waals surface area (Å²) in [6, 6.07) is 14.8. The molecule has 0 unspecified atom stereocenters. The molecule has 7 heteroatoms. The van der Waals surface area contributed by atoms with Crippen molar-refractivity contribution < 1.29 is 23.8 Å². The second kappa shape index (κ2) is 9.93. The number of carbonyl (C=O) groups is 2. The third kappa shape index (κ3) is 5.31. The first-order valence-corrected chi connectivity index (χ1v) is 10.4. The number of rotatable bonds is 9. The van der Waals surface area contributed by atoms with Gasteiger partial charge in [0.15, 0.2) is 17.3 Å². The Morgan fingerprint density at radius 1 is 1.00 bits per heavy atom. The summed E-state index contributed by atoms with van der Waals surface area (Å²) in [6.45, 7) is 1.92. The van der Waals surface area contributed by atoms with Crippen LogP contribution in [0.5, 0.6) is 17.2 Å². The molecule has 1 amide bonds. The Hall–Kier alpha value is -3.61. The summed E-state index contributed by atoms with van der Waals surface area (Å²) < 4.78 is 16.8. The zero-order valence-corrected chi connectivity index (χ0v) is 17.1. The minimum Gasteiger partial charge on any atom is -0.491 e. The largest absolute Gasteiger partial charge is 0.491 e. The molecule has 0 bridgehead atoms. The maximum Gasteiger partial charge on any atom is 0.220 e. The molecule has 7 nitrogen and oxygen atoms in total. The van der Waals surface area contributed by atoms with Crippen LogP contribution in [0, 0.1) is 0 Å². The number of carbonyl (C=O) groups excluding carboxylic acids is 2. The minimum atomic E-state index is -0.155. The number of para-hydroxylation sites is 1. The summed E-state index contributed by atoms with van der Waals surface area (Å²) in [5, 5.41) is 3.86. The summed E-state index contributed by atoms with van der Waals surface area (Å²) in [4.78, 5) is 28.8.